The maximum absolute atomic E-state index is 15.2. The van der Waals surface area contributed by atoms with E-state index in [1.807, 2.05) is 0 Å². The van der Waals surface area contributed by atoms with Gasteiger partial charge in [0, 0.05) is 0 Å². The van der Waals surface area contributed by atoms with E-state index in [1.54, 1.807) is 36.4 Å². The first-order chi connectivity index (χ1) is 24.9. The number of hydrogen-bond acceptors (Lipinski definition) is 6. The van der Waals surface area contributed by atoms with Crippen LogP contribution in [0.25, 0.3) is 11.1 Å². The maximum atomic E-state index is 15.2. The van der Waals surface area contributed by atoms with Crippen molar-refractivity contribution in [1.82, 2.24) is 0 Å². The maximum Gasteiger partial charge on any atom is 0.343 e. The number of carbonyl (C=O) groups is 2. The highest BCUT2D eigenvalue weighted by Gasteiger charge is 2.35. The van der Waals surface area contributed by atoms with Gasteiger partial charge in [0.15, 0.2) is 23.3 Å². The number of hydrogen-bond donors (Lipinski definition) is 0. The summed E-state index contributed by atoms with van der Waals surface area (Å²) in [7, 11) is 0. The number of esters is 2. The molecule has 0 radical (unpaired) electrons. The summed E-state index contributed by atoms with van der Waals surface area (Å²) in [5.41, 5.74) is -3.81. The lowest BCUT2D eigenvalue weighted by atomic mass is 10.0. The summed E-state index contributed by atoms with van der Waals surface area (Å²) in [4.78, 5) is 24.4. The zero-order valence-corrected chi connectivity index (χ0v) is 25.9. The smallest absolute Gasteiger partial charge is 0.343 e. The van der Waals surface area contributed by atoms with Crippen LogP contribution in [0.3, 0.4) is 0 Å². The Morgan fingerprint density at radius 1 is 0.346 bits per heavy atom. The SMILES string of the molecule is O=C(Oc1ccc(Oc2c(F)c(F)c(-c3c(F)c(F)c(Oc4ccc(OC(=O)c5ccccc5)cc4)c(F)c3F)c(F)c2F)cc1)c1ccccc1. The topological polar surface area (TPSA) is 71.1 Å². The zero-order chi connectivity index (χ0) is 37.1. The second-order valence-electron chi connectivity index (χ2n) is 10.6. The van der Waals surface area contributed by atoms with E-state index in [0.29, 0.717) is 0 Å². The molecule has 0 bridgehead atoms. The van der Waals surface area contributed by atoms with Gasteiger partial charge in [-0.05, 0) is 72.8 Å². The van der Waals surface area contributed by atoms with E-state index in [-0.39, 0.29) is 22.6 Å². The van der Waals surface area contributed by atoms with Crippen LogP contribution in [-0.4, -0.2) is 11.9 Å². The average Bonchev–Trinajstić information content (AvgIpc) is 3.17. The fourth-order valence-corrected chi connectivity index (χ4v) is 4.71. The van der Waals surface area contributed by atoms with Crippen LogP contribution in [0.15, 0.2) is 109 Å². The normalized spacial score (nSPS) is 10.8. The van der Waals surface area contributed by atoms with E-state index in [4.69, 9.17) is 18.9 Å². The highest BCUT2D eigenvalue weighted by atomic mass is 19.2. The molecule has 0 spiro atoms. The van der Waals surface area contributed by atoms with Crippen molar-refractivity contribution in [2.45, 2.75) is 0 Å². The minimum absolute atomic E-state index is 0.0429. The van der Waals surface area contributed by atoms with Crippen LogP contribution in [0.4, 0.5) is 35.1 Å². The quantitative estimate of drug-likeness (QED) is 0.0641. The van der Waals surface area contributed by atoms with Crippen molar-refractivity contribution >= 4 is 11.9 Å². The van der Waals surface area contributed by atoms with Gasteiger partial charge in [0.2, 0.25) is 34.8 Å². The second kappa shape index (κ2) is 14.6. The molecule has 0 fully saturated rings. The Balaban J connectivity index is 1.23. The first-order valence-corrected chi connectivity index (χ1v) is 14.8. The summed E-state index contributed by atoms with van der Waals surface area (Å²) in [6, 6.07) is 24.2. The molecule has 0 N–H and O–H groups in total. The van der Waals surface area contributed by atoms with Crippen molar-refractivity contribution in [3.8, 4) is 45.6 Å². The molecule has 14 heteroatoms. The van der Waals surface area contributed by atoms with Gasteiger partial charge in [-0.1, -0.05) is 36.4 Å². The van der Waals surface area contributed by atoms with Gasteiger partial charge in [-0.15, -0.1) is 0 Å². The fourth-order valence-electron chi connectivity index (χ4n) is 4.71. The molecule has 6 rings (SSSR count). The van der Waals surface area contributed by atoms with Crippen LogP contribution in [0.1, 0.15) is 20.7 Å². The largest absolute Gasteiger partial charge is 0.451 e. The Morgan fingerprint density at radius 2 is 0.615 bits per heavy atom. The molecule has 52 heavy (non-hydrogen) atoms. The third-order valence-electron chi connectivity index (χ3n) is 7.22. The van der Waals surface area contributed by atoms with E-state index in [1.165, 1.54) is 24.3 Å². The molecule has 0 saturated heterocycles. The molecular formula is C38H18F8O6. The Hall–Kier alpha value is -6.70. The average molecular weight is 723 g/mol. The van der Waals surface area contributed by atoms with E-state index >= 15 is 35.1 Å². The summed E-state index contributed by atoms with van der Waals surface area (Å²) >= 11 is 0. The highest BCUT2D eigenvalue weighted by molar-refractivity contribution is 5.91. The van der Waals surface area contributed by atoms with Gasteiger partial charge in [-0.2, -0.15) is 17.6 Å². The zero-order valence-electron chi connectivity index (χ0n) is 25.9. The van der Waals surface area contributed by atoms with Crippen molar-refractivity contribution < 1.29 is 63.7 Å². The molecule has 6 nitrogen and oxygen atoms in total. The third kappa shape index (κ3) is 6.99. The lowest BCUT2D eigenvalue weighted by molar-refractivity contribution is 0.0725. The molecule has 262 valence electrons. The number of rotatable bonds is 9. The summed E-state index contributed by atoms with van der Waals surface area (Å²) in [6.07, 6.45) is 0. The van der Waals surface area contributed by atoms with Crippen LogP contribution in [-0.2, 0) is 0 Å². The Morgan fingerprint density at radius 3 is 0.904 bits per heavy atom. The summed E-state index contributed by atoms with van der Waals surface area (Å²) in [6.45, 7) is 0. The van der Waals surface area contributed by atoms with E-state index < -0.39 is 92.6 Å². The monoisotopic (exact) mass is 722 g/mol. The lowest BCUT2D eigenvalue weighted by Gasteiger charge is -2.16. The number of benzene rings is 6. The molecule has 0 aliphatic heterocycles. The van der Waals surface area contributed by atoms with Crippen LogP contribution in [0.2, 0.25) is 0 Å². The van der Waals surface area contributed by atoms with E-state index in [2.05, 4.69) is 0 Å². The third-order valence-corrected chi connectivity index (χ3v) is 7.22. The van der Waals surface area contributed by atoms with Gasteiger partial charge < -0.3 is 18.9 Å². The fraction of sp³-hybridized carbons (Fsp3) is 0. The van der Waals surface area contributed by atoms with Gasteiger partial charge >= 0.3 is 11.9 Å². The van der Waals surface area contributed by atoms with Gasteiger partial charge in [-0.3, -0.25) is 0 Å². The van der Waals surface area contributed by atoms with Crippen molar-refractivity contribution in [2.24, 2.45) is 0 Å². The van der Waals surface area contributed by atoms with Crippen LogP contribution in [0, 0.1) is 46.5 Å². The van der Waals surface area contributed by atoms with Gasteiger partial charge in [0.1, 0.15) is 23.0 Å². The van der Waals surface area contributed by atoms with Gasteiger partial charge in [-0.25, -0.2) is 27.2 Å². The predicted molar refractivity (Wildman–Crippen MR) is 167 cm³/mol. The van der Waals surface area contributed by atoms with Crippen molar-refractivity contribution in [1.29, 1.82) is 0 Å². The molecule has 6 aromatic carbocycles. The predicted octanol–water partition coefficient (Wildman–Crippen LogP) is 10.5. The number of halogens is 8. The Kier molecular flexibility index (Phi) is 9.90. The molecule has 0 aromatic heterocycles. The van der Waals surface area contributed by atoms with Crippen molar-refractivity contribution in [2.75, 3.05) is 0 Å². The first-order valence-electron chi connectivity index (χ1n) is 14.8. The summed E-state index contributed by atoms with van der Waals surface area (Å²) in [5.74, 6) is -24.8. The van der Waals surface area contributed by atoms with E-state index in [9.17, 15) is 9.59 Å². The van der Waals surface area contributed by atoms with Crippen molar-refractivity contribution in [3.05, 3.63) is 167 Å². The molecule has 0 saturated carbocycles. The first kappa shape index (κ1) is 35.1. The molecule has 0 aliphatic rings. The molecule has 0 aliphatic carbocycles. The van der Waals surface area contributed by atoms with Crippen LogP contribution >= 0.6 is 0 Å². The molecule has 0 heterocycles. The minimum atomic E-state index is -2.45. The molecule has 0 atom stereocenters. The number of ether oxygens (including phenoxy) is 4. The summed E-state index contributed by atoms with van der Waals surface area (Å²) in [5, 5.41) is 0. The summed E-state index contributed by atoms with van der Waals surface area (Å²) < 4.78 is 141. The van der Waals surface area contributed by atoms with Crippen LogP contribution in [0.5, 0.6) is 34.5 Å². The molecular weight excluding hydrogens is 704 g/mol. The Bertz CT molecular complexity index is 2080. The standard InChI is InChI=1S/C38H18F8O6/c39-27-25(28(40)32(44)35(31(27)43)49-21-11-15-23(16-12-21)51-37(47)19-7-3-1-4-8-19)26-29(41)33(45)36(34(46)30(26)42)50-22-13-17-24(18-14-22)52-38(48)20-9-5-2-6-10-20/h1-18H. The number of carbonyl (C=O) groups excluding carboxylic acids is 2. The Labute approximate surface area is 288 Å². The highest BCUT2D eigenvalue weighted by Crippen LogP contribution is 2.43. The lowest BCUT2D eigenvalue weighted by Crippen LogP contribution is -2.09. The van der Waals surface area contributed by atoms with Gasteiger partial charge in [0.05, 0.1) is 22.3 Å². The second-order valence-corrected chi connectivity index (χ2v) is 10.6. The molecule has 6 aromatic rings. The van der Waals surface area contributed by atoms with E-state index in [0.717, 1.165) is 48.5 Å². The molecule has 0 amide bonds. The molecule has 0 unspecified atom stereocenters. The van der Waals surface area contributed by atoms with Gasteiger partial charge in [0.25, 0.3) is 0 Å². The van der Waals surface area contributed by atoms with Crippen LogP contribution < -0.4 is 18.9 Å². The minimum Gasteiger partial charge on any atom is -0.451 e. The van der Waals surface area contributed by atoms with Crippen molar-refractivity contribution in [3.63, 3.8) is 0 Å².